The summed E-state index contributed by atoms with van der Waals surface area (Å²) in [5.74, 6) is 2.10. The molecule has 0 fully saturated rings. The van der Waals surface area contributed by atoms with E-state index in [4.69, 9.17) is 8.83 Å². The smallest absolute Gasteiger partial charge is 0.226 e. The van der Waals surface area contributed by atoms with Gasteiger partial charge in [0, 0.05) is 11.1 Å². The molecular weight excluding hydrogens is 354 g/mol. The van der Waals surface area contributed by atoms with E-state index in [1.54, 1.807) is 6.20 Å². The van der Waals surface area contributed by atoms with Gasteiger partial charge in [0.25, 0.3) is 0 Å². The lowest BCUT2D eigenvalue weighted by Gasteiger charge is -2.01. The van der Waals surface area contributed by atoms with Gasteiger partial charge in [-0.2, -0.15) is 0 Å². The summed E-state index contributed by atoms with van der Waals surface area (Å²) in [6, 6.07) is 19.3. The summed E-state index contributed by atoms with van der Waals surface area (Å²) in [5, 5.41) is 2.81. The molecule has 2 heterocycles. The zero-order chi connectivity index (χ0) is 19.3. The number of benzene rings is 2. The molecule has 0 atom stereocenters. The Morgan fingerprint density at radius 1 is 0.964 bits per heavy atom. The van der Waals surface area contributed by atoms with Crippen LogP contribution in [0.4, 0.5) is 0 Å². The van der Waals surface area contributed by atoms with Crippen LogP contribution in [-0.4, -0.2) is 15.9 Å². The number of amides is 1. The monoisotopic (exact) mass is 373 g/mol. The van der Waals surface area contributed by atoms with E-state index in [0.717, 1.165) is 11.1 Å². The Labute approximate surface area is 162 Å². The Bertz CT molecular complexity index is 1070. The fraction of sp³-hybridized carbons (Fsp3) is 0.136. The first-order valence-electron chi connectivity index (χ1n) is 8.97. The second kappa shape index (κ2) is 7.92. The number of nitrogens with zero attached hydrogens (tertiary/aromatic N) is 2. The van der Waals surface area contributed by atoms with E-state index < -0.39 is 0 Å². The predicted molar refractivity (Wildman–Crippen MR) is 104 cm³/mol. The van der Waals surface area contributed by atoms with E-state index in [1.807, 2.05) is 67.6 Å². The summed E-state index contributed by atoms with van der Waals surface area (Å²) >= 11 is 0. The van der Waals surface area contributed by atoms with Crippen molar-refractivity contribution in [2.24, 2.45) is 0 Å². The Morgan fingerprint density at radius 2 is 1.64 bits per heavy atom. The van der Waals surface area contributed by atoms with E-state index >= 15 is 0 Å². The van der Waals surface area contributed by atoms with Gasteiger partial charge < -0.3 is 14.2 Å². The first kappa shape index (κ1) is 17.7. The number of aromatic nitrogens is 2. The fourth-order valence-electron chi connectivity index (χ4n) is 2.81. The number of carbonyl (C=O) groups excluding carboxylic acids is 1. The lowest BCUT2D eigenvalue weighted by Crippen LogP contribution is -2.25. The molecule has 0 saturated carbocycles. The highest BCUT2D eigenvalue weighted by atomic mass is 16.4. The van der Waals surface area contributed by atoms with E-state index in [-0.39, 0.29) is 18.9 Å². The fourth-order valence-corrected chi connectivity index (χ4v) is 2.81. The molecule has 6 heteroatoms. The van der Waals surface area contributed by atoms with Crippen LogP contribution in [-0.2, 0) is 17.8 Å². The molecule has 4 aromatic rings. The molecule has 140 valence electrons. The second-order valence-electron chi connectivity index (χ2n) is 6.33. The van der Waals surface area contributed by atoms with Crippen molar-refractivity contribution in [3.05, 3.63) is 84.2 Å². The highest BCUT2D eigenvalue weighted by Crippen LogP contribution is 2.22. The third-order valence-electron chi connectivity index (χ3n) is 4.29. The van der Waals surface area contributed by atoms with Crippen LogP contribution in [0.1, 0.15) is 17.3 Å². The van der Waals surface area contributed by atoms with Gasteiger partial charge in [-0.1, -0.05) is 48.5 Å². The van der Waals surface area contributed by atoms with Gasteiger partial charge in [-0.3, -0.25) is 4.79 Å². The molecule has 0 aliphatic heterocycles. The van der Waals surface area contributed by atoms with Crippen molar-refractivity contribution in [3.63, 3.8) is 0 Å². The van der Waals surface area contributed by atoms with Crippen molar-refractivity contribution in [2.45, 2.75) is 19.9 Å². The molecule has 0 unspecified atom stereocenters. The van der Waals surface area contributed by atoms with Gasteiger partial charge in [-0.05, 0) is 19.1 Å². The Hall–Kier alpha value is -3.67. The number of carbonyl (C=O) groups is 1. The van der Waals surface area contributed by atoms with Gasteiger partial charge in [0.2, 0.25) is 17.7 Å². The third-order valence-corrected chi connectivity index (χ3v) is 4.29. The van der Waals surface area contributed by atoms with Crippen molar-refractivity contribution in [3.8, 4) is 22.8 Å². The summed E-state index contributed by atoms with van der Waals surface area (Å²) in [5.41, 5.74) is 2.44. The first-order valence-corrected chi connectivity index (χ1v) is 8.97. The summed E-state index contributed by atoms with van der Waals surface area (Å²) in [7, 11) is 0. The van der Waals surface area contributed by atoms with Crippen molar-refractivity contribution in [1.29, 1.82) is 0 Å². The van der Waals surface area contributed by atoms with Gasteiger partial charge in [0.1, 0.15) is 5.76 Å². The van der Waals surface area contributed by atoms with Crippen LogP contribution in [0.25, 0.3) is 22.8 Å². The number of nitrogens with one attached hydrogen (secondary N) is 1. The van der Waals surface area contributed by atoms with E-state index in [9.17, 15) is 4.79 Å². The molecule has 2 aromatic carbocycles. The molecule has 0 saturated heterocycles. The molecule has 2 aromatic heterocycles. The van der Waals surface area contributed by atoms with Crippen LogP contribution in [0.15, 0.2) is 75.7 Å². The van der Waals surface area contributed by atoms with Crippen LogP contribution in [0.3, 0.4) is 0 Å². The summed E-state index contributed by atoms with van der Waals surface area (Å²) in [6.45, 7) is 2.02. The number of rotatable bonds is 6. The third kappa shape index (κ3) is 4.01. The molecule has 4 rings (SSSR count). The van der Waals surface area contributed by atoms with Gasteiger partial charge in [-0.15, -0.1) is 0 Å². The van der Waals surface area contributed by atoms with Crippen LogP contribution < -0.4 is 5.32 Å². The second-order valence-corrected chi connectivity index (χ2v) is 6.33. The molecule has 28 heavy (non-hydrogen) atoms. The van der Waals surface area contributed by atoms with Crippen LogP contribution in [0.5, 0.6) is 0 Å². The number of aryl methyl sites for hydroxylation is 1. The zero-order valence-corrected chi connectivity index (χ0v) is 15.4. The number of hydrogen-bond donors (Lipinski definition) is 1. The summed E-state index contributed by atoms with van der Waals surface area (Å²) < 4.78 is 11.4. The lowest BCUT2D eigenvalue weighted by molar-refractivity contribution is -0.120. The Morgan fingerprint density at radius 3 is 2.36 bits per heavy atom. The van der Waals surface area contributed by atoms with E-state index in [1.165, 1.54) is 0 Å². The summed E-state index contributed by atoms with van der Waals surface area (Å²) in [6.07, 6.45) is 1.79. The minimum Gasteiger partial charge on any atom is -0.441 e. The van der Waals surface area contributed by atoms with Crippen molar-refractivity contribution >= 4 is 5.91 Å². The summed E-state index contributed by atoms with van der Waals surface area (Å²) in [4.78, 5) is 21.0. The maximum Gasteiger partial charge on any atom is 0.226 e. The van der Waals surface area contributed by atoms with Crippen LogP contribution in [0.2, 0.25) is 0 Å². The largest absolute Gasteiger partial charge is 0.441 e. The topological polar surface area (TPSA) is 81.2 Å². The van der Waals surface area contributed by atoms with Gasteiger partial charge in [-0.25, -0.2) is 9.97 Å². The average molecular weight is 373 g/mol. The van der Waals surface area contributed by atoms with Crippen LogP contribution in [0, 0.1) is 6.92 Å². The van der Waals surface area contributed by atoms with Crippen molar-refractivity contribution in [2.75, 3.05) is 0 Å². The maximum atomic E-state index is 12.3. The maximum absolute atomic E-state index is 12.3. The zero-order valence-electron chi connectivity index (χ0n) is 15.4. The predicted octanol–water partition coefficient (Wildman–Crippen LogP) is 4.16. The molecule has 1 N–H and O–H groups in total. The minimum absolute atomic E-state index is 0.133. The molecule has 0 spiro atoms. The van der Waals surface area contributed by atoms with E-state index in [0.29, 0.717) is 29.0 Å². The minimum atomic E-state index is -0.171. The van der Waals surface area contributed by atoms with Gasteiger partial charge >= 0.3 is 0 Å². The van der Waals surface area contributed by atoms with Crippen molar-refractivity contribution < 1.29 is 13.6 Å². The quantitative estimate of drug-likeness (QED) is 0.549. The van der Waals surface area contributed by atoms with Crippen LogP contribution >= 0.6 is 0 Å². The highest BCUT2D eigenvalue weighted by Gasteiger charge is 2.15. The van der Waals surface area contributed by atoms with Gasteiger partial charge in [0.05, 0.1) is 24.9 Å². The van der Waals surface area contributed by atoms with Crippen molar-refractivity contribution in [1.82, 2.24) is 15.3 Å². The normalized spacial score (nSPS) is 10.8. The number of hydrogen-bond acceptors (Lipinski definition) is 5. The van der Waals surface area contributed by atoms with E-state index in [2.05, 4.69) is 15.3 Å². The SMILES string of the molecule is Cc1oc(-c2ccccc2)nc1CC(=O)NCc1ncc(-c2ccccc2)o1. The molecule has 6 nitrogen and oxygen atoms in total. The molecular formula is C22H19N3O3. The number of oxazole rings is 2. The molecule has 0 radical (unpaired) electrons. The first-order chi connectivity index (χ1) is 13.7. The standard InChI is InChI=1S/C22H19N3O3/c1-15-18(25-22(27-15)17-10-6-3-7-11-17)12-20(26)23-14-21-24-13-19(28-21)16-8-4-2-5-9-16/h2-11,13H,12,14H2,1H3,(H,23,26). The van der Waals surface area contributed by atoms with Gasteiger partial charge in [0.15, 0.2) is 5.76 Å². The average Bonchev–Trinajstić information content (AvgIpc) is 3.35. The molecule has 0 aliphatic rings. The molecule has 0 aliphatic carbocycles. The molecule has 0 bridgehead atoms. The molecule has 1 amide bonds. The highest BCUT2D eigenvalue weighted by molar-refractivity contribution is 5.78. The Balaban J connectivity index is 1.37. The lowest BCUT2D eigenvalue weighted by atomic mass is 10.2. The Kier molecular flexibility index (Phi) is 5.01.